The Morgan fingerprint density at radius 3 is 2.35 bits per heavy atom. The number of hydroxylamine groups is 2. The topological polar surface area (TPSA) is 56.6 Å². The van der Waals surface area contributed by atoms with Crippen molar-refractivity contribution in [1.82, 2.24) is 9.96 Å². The van der Waals surface area contributed by atoms with Gasteiger partial charge in [-0.25, -0.2) is 4.79 Å². The highest BCUT2D eigenvalue weighted by molar-refractivity contribution is 5.75. The standard InChI is InChI=1S/C12H21N3O2/c1-12(2,3)11(16)17-15-9-7-14(8-10-15)6-4-5-13/h4,6-10H2,1-3H3. The molecule has 1 fully saturated rings. The maximum Gasteiger partial charge on any atom is 0.330 e. The molecule has 0 aliphatic carbocycles. The minimum atomic E-state index is -0.460. The van der Waals surface area contributed by atoms with Crippen LogP contribution in [-0.4, -0.2) is 48.7 Å². The number of carbonyl (C=O) groups excluding carboxylic acids is 1. The van der Waals surface area contributed by atoms with Gasteiger partial charge in [-0.3, -0.25) is 4.90 Å². The van der Waals surface area contributed by atoms with Crippen LogP contribution < -0.4 is 0 Å². The second-order valence-electron chi connectivity index (χ2n) is 5.31. The molecule has 0 unspecified atom stereocenters. The average molecular weight is 239 g/mol. The second-order valence-corrected chi connectivity index (χ2v) is 5.31. The summed E-state index contributed by atoms with van der Waals surface area (Å²) in [6.07, 6.45) is 0.557. The van der Waals surface area contributed by atoms with Crippen molar-refractivity contribution in [2.45, 2.75) is 27.2 Å². The smallest absolute Gasteiger partial charge is 0.330 e. The van der Waals surface area contributed by atoms with Crippen LogP contribution in [0.3, 0.4) is 0 Å². The van der Waals surface area contributed by atoms with E-state index in [-0.39, 0.29) is 5.97 Å². The minimum absolute atomic E-state index is 0.192. The highest BCUT2D eigenvalue weighted by atomic mass is 16.7. The number of rotatable bonds is 3. The predicted molar refractivity (Wildman–Crippen MR) is 63.8 cm³/mol. The molecule has 0 spiro atoms. The van der Waals surface area contributed by atoms with Crippen LogP contribution in [0.2, 0.25) is 0 Å². The Kier molecular flexibility index (Phi) is 4.91. The van der Waals surface area contributed by atoms with Gasteiger partial charge in [-0.2, -0.15) is 5.26 Å². The molecule has 96 valence electrons. The molecule has 0 bridgehead atoms. The molecule has 0 aromatic rings. The van der Waals surface area contributed by atoms with Crippen LogP contribution in [-0.2, 0) is 9.63 Å². The summed E-state index contributed by atoms with van der Waals surface area (Å²) in [6.45, 7) is 9.46. The van der Waals surface area contributed by atoms with Crippen LogP contribution in [0.25, 0.3) is 0 Å². The molecular weight excluding hydrogens is 218 g/mol. The normalized spacial score (nSPS) is 18.7. The van der Waals surface area contributed by atoms with E-state index in [4.69, 9.17) is 10.1 Å². The zero-order valence-electron chi connectivity index (χ0n) is 10.9. The molecule has 0 saturated carbocycles. The molecule has 5 heteroatoms. The van der Waals surface area contributed by atoms with E-state index in [2.05, 4.69) is 11.0 Å². The molecule has 1 heterocycles. The number of hydrogen-bond acceptors (Lipinski definition) is 5. The molecule has 0 N–H and O–H groups in total. The first-order valence-corrected chi connectivity index (χ1v) is 6.00. The van der Waals surface area contributed by atoms with Crippen molar-refractivity contribution in [3.8, 4) is 6.07 Å². The van der Waals surface area contributed by atoms with Crippen molar-refractivity contribution in [2.75, 3.05) is 32.7 Å². The molecule has 0 amide bonds. The number of nitrogens with zero attached hydrogens (tertiary/aromatic N) is 3. The Morgan fingerprint density at radius 1 is 1.29 bits per heavy atom. The lowest BCUT2D eigenvalue weighted by Gasteiger charge is -2.34. The quantitative estimate of drug-likeness (QED) is 0.736. The molecule has 1 saturated heterocycles. The number of hydrogen-bond donors (Lipinski definition) is 0. The van der Waals surface area contributed by atoms with E-state index in [0.29, 0.717) is 19.5 Å². The minimum Gasteiger partial charge on any atom is -0.367 e. The first-order valence-electron chi connectivity index (χ1n) is 6.00. The molecule has 1 aliphatic heterocycles. The fourth-order valence-electron chi connectivity index (χ4n) is 1.51. The summed E-state index contributed by atoms with van der Waals surface area (Å²) in [5.41, 5.74) is -0.460. The van der Waals surface area contributed by atoms with Gasteiger partial charge in [-0.15, -0.1) is 5.06 Å². The molecule has 0 radical (unpaired) electrons. The first-order chi connectivity index (χ1) is 7.93. The van der Waals surface area contributed by atoms with Crippen LogP contribution >= 0.6 is 0 Å². The summed E-state index contributed by atoms with van der Waals surface area (Å²) in [5, 5.41) is 10.2. The molecule has 0 atom stereocenters. The van der Waals surface area contributed by atoms with Crippen LogP contribution in [0, 0.1) is 16.7 Å². The van der Waals surface area contributed by atoms with E-state index in [1.165, 1.54) is 0 Å². The van der Waals surface area contributed by atoms with E-state index < -0.39 is 5.41 Å². The third kappa shape index (κ3) is 4.72. The third-order valence-electron chi connectivity index (χ3n) is 2.70. The molecule has 1 rings (SSSR count). The molecular formula is C12H21N3O2. The zero-order chi connectivity index (χ0) is 12.9. The van der Waals surface area contributed by atoms with E-state index >= 15 is 0 Å². The average Bonchev–Trinajstić information content (AvgIpc) is 2.27. The van der Waals surface area contributed by atoms with Crippen molar-refractivity contribution >= 4 is 5.97 Å². The summed E-state index contributed by atoms with van der Waals surface area (Å²) in [5.74, 6) is -0.192. The lowest BCUT2D eigenvalue weighted by molar-refractivity contribution is -0.206. The number of carbonyl (C=O) groups is 1. The fraction of sp³-hybridized carbons (Fsp3) is 0.833. The van der Waals surface area contributed by atoms with E-state index in [1.807, 2.05) is 20.8 Å². The van der Waals surface area contributed by atoms with Gasteiger partial charge >= 0.3 is 5.97 Å². The van der Waals surface area contributed by atoms with Gasteiger partial charge in [-0.05, 0) is 20.8 Å². The molecule has 1 aliphatic rings. The second kappa shape index (κ2) is 5.99. The van der Waals surface area contributed by atoms with Crippen molar-refractivity contribution in [3.63, 3.8) is 0 Å². The molecule has 0 aromatic heterocycles. The lowest BCUT2D eigenvalue weighted by Crippen LogP contribution is -2.48. The number of piperazine rings is 1. The highest BCUT2D eigenvalue weighted by Gasteiger charge is 2.27. The summed E-state index contributed by atoms with van der Waals surface area (Å²) in [6, 6.07) is 2.14. The van der Waals surface area contributed by atoms with Crippen LogP contribution in [0.15, 0.2) is 0 Å². The Balaban J connectivity index is 2.28. The maximum atomic E-state index is 11.7. The number of nitriles is 1. The van der Waals surface area contributed by atoms with Gasteiger partial charge in [0.2, 0.25) is 0 Å². The Labute approximate surface area is 103 Å². The van der Waals surface area contributed by atoms with Gasteiger partial charge in [0.25, 0.3) is 0 Å². The van der Waals surface area contributed by atoms with Gasteiger partial charge in [0.15, 0.2) is 0 Å². The summed E-state index contributed by atoms with van der Waals surface area (Å²) in [4.78, 5) is 19.2. The van der Waals surface area contributed by atoms with Crippen molar-refractivity contribution in [2.24, 2.45) is 5.41 Å². The summed E-state index contributed by atoms with van der Waals surface area (Å²) < 4.78 is 0. The van der Waals surface area contributed by atoms with Crippen LogP contribution in [0.1, 0.15) is 27.2 Å². The molecule has 0 aromatic carbocycles. The zero-order valence-corrected chi connectivity index (χ0v) is 10.9. The Morgan fingerprint density at radius 2 is 1.88 bits per heavy atom. The van der Waals surface area contributed by atoms with Crippen molar-refractivity contribution in [1.29, 1.82) is 5.26 Å². The van der Waals surface area contributed by atoms with Gasteiger partial charge < -0.3 is 4.84 Å². The Hall–Kier alpha value is -1.12. The SMILES string of the molecule is CC(C)(C)C(=O)ON1CCN(CCC#N)CC1. The monoisotopic (exact) mass is 239 g/mol. The molecule has 5 nitrogen and oxygen atoms in total. The van der Waals surface area contributed by atoms with Gasteiger partial charge in [0.1, 0.15) is 0 Å². The fourth-order valence-corrected chi connectivity index (χ4v) is 1.51. The maximum absolute atomic E-state index is 11.7. The molecule has 17 heavy (non-hydrogen) atoms. The van der Waals surface area contributed by atoms with Gasteiger partial charge in [-0.1, -0.05) is 0 Å². The Bertz CT molecular complexity index is 296. The summed E-state index contributed by atoms with van der Waals surface area (Å²) >= 11 is 0. The van der Waals surface area contributed by atoms with Gasteiger partial charge in [0.05, 0.1) is 11.5 Å². The van der Waals surface area contributed by atoms with Crippen LogP contribution in [0.4, 0.5) is 0 Å². The van der Waals surface area contributed by atoms with Crippen molar-refractivity contribution < 1.29 is 9.63 Å². The first kappa shape index (κ1) is 13.9. The summed E-state index contributed by atoms with van der Waals surface area (Å²) in [7, 11) is 0. The van der Waals surface area contributed by atoms with Gasteiger partial charge in [0, 0.05) is 39.1 Å². The largest absolute Gasteiger partial charge is 0.367 e. The van der Waals surface area contributed by atoms with Crippen LogP contribution in [0.5, 0.6) is 0 Å². The lowest BCUT2D eigenvalue weighted by atomic mass is 9.98. The van der Waals surface area contributed by atoms with E-state index in [1.54, 1.807) is 5.06 Å². The van der Waals surface area contributed by atoms with E-state index in [0.717, 1.165) is 19.6 Å². The third-order valence-corrected chi connectivity index (χ3v) is 2.70. The van der Waals surface area contributed by atoms with Crippen molar-refractivity contribution in [3.05, 3.63) is 0 Å². The highest BCUT2D eigenvalue weighted by Crippen LogP contribution is 2.16. The van der Waals surface area contributed by atoms with E-state index in [9.17, 15) is 4.79 Å². The predicted octanol–water partition coefficient (Wildman–Crippen LogP) is 1.02.